The van der Waals surface area contributed by atoms with Gasteiger partial charge in [-0.15, -0.1) is 5.10 Å². The Morgan fingerprint density at radius 1 is 1.36 bits per heavy atom. The second-order valence-electron chi connectivity index (χ2n) is 7.15. The average Bonchev–Trinajstić information content (AvgIpc) is 2.61. The normalized spacial score (nSPS) is 27.9. The highest BCUT2D eigenvalue weighted by Gasteiger charge is 2.31. The first-order valence-corrected chi connectivity index (χ1v) is 9.30. The zero-order valence-corrected chi connectivity index (χ0v) is 15.2. The van der Waals surface area contributed by atoms with E-state index in [2.05, 4.69) is 39.2 Å². The van der Waals surface area contributed by atoms with Crippen LogP contribution >= 0.6 is 0 Å². The van der Waals surface area contributed by atoms with Crippen molar-refractivity contribution in [2.24, 2.45) is 0 Å². The van der Waals surface area contributed by atoms with Crippen molar-refractivity contribution < 1.29 is 9.53 Å². The predicted octanol–water partition coefficient (Wildman–Crippen LogP) is 1.38. The van der Waals surface area contributed by atoms with Gasteiger partial charge in [-0.1, -0.05) is 0 Å². The molecule has 3 heterocycles. The van der Waals surface area contributed by atoms with Crippen LogP contribution in [0, 0.1) is 0 Å². The molecule has 0 unspecified atom stereocenters. The Hall–Kier alpha value is -1.73. The van der Waals surface area contributed by atoms with E-state index in [1.807, 2.05) is 12.1 Å². The van der Waals surface area contributed by atoms with Crippen molar-refractivity contribution >= 4 is 11.7 Å². The summed E-state index contributed by atoms with van der Waals surface area (Å²) in [4.78, 5) is 17.1. The number of anilines is 1. The fourth-order valence-electron chi connectivity index (χ4n) is 3.85. The molecule has 1 aromatic rings. The molecular weight excluding hydrogens is 318 g/mol. The molecule has 2 aliphatic heterocycles. The fraction of sp³-hybridized carbons (Fsp3) is 0.722. The Balaban J connectivity index is 1.48. The number of hydrogen-bond acceptors (Lipinski definition) is 6. The molecule has 0 aromatic carbocycles. The van der Waals surface area contributed by atoms with Crippen molar-refractivity contribution in [3.05, 3.63) is 18.3 Å². The molecule has 1 amide bonds. The molecule has 0 saturated carbocycles. The summed E-state index contributed by atoms with van der Waals surface area (Å²) in [6.07, 6.45) is 5.16. The lowest BCUT2D eigenvalue weighted by Crippen LogP contribution is -2.54. The zero-order valence-electron chi connectivity index (χ0n) is 15.2. The fourth-order valence-corrected chi connectivity index (χ4v) is 3.85. The molecule has 2 fully saturated rings. The lowest BCUT2D eigenvalue weighted by atomic mass is 9.97. The van der Waals surface area contributed by atoms with Crippen LogP contribution in [0.4, 0.5) is 5.82 Å². The smallest absolute Gasteiger partial charge is 0.237 e. The number of carbonyl (C=O) groups is 1. The van der Waals surface area contributed by atoms with Gasteiger partial charge in [0.2, 0.25) is 5.91 Å². The van der Waals surface area contributed by atoms with Crippen molar-refractivity contribution in [3.63, 3.8) is 0 Å². The standard InChI is InChI=1S/C18H29N5O2/c1-14-5-3-6-15(2)23(14)18(24)13-22-9-10-25-16(12-22)11-19-17-7-4-8-20-21-17/h4,7-8,14-16H,3,5-6,9-13H2,1-2H3,(H,19,21)/t14-,15+,16-/m0/s1. The number of piperidine rings is 1. The molecule has 25 heavy (non-hydrogen) atoms. The molecule has 1 aromatic heterocycles. The quantitative estimate of drug-likeness (QED) is 0.868. The van der Waals surface area contributed by atoms with Gasteiger partial charge in [0.1, 0.15) is 5.82 Å². The summed E-state index contributed by atoms with van der Waals surface area (Å²) in [5.41, 5.74) is 0. The maximum atomic E-state index is 12.8. The van der Waals surface area contributed by atoms with Gasteiger partial charge in [-0.05, 0) is 45.2 Å². The molecule has 1 N–H and O–H groups in total. The Kier molecular flexibility index (Phi) is 6.20. The first-order valence-electron chi connectivity index (χ1n) is 9.30. The van der Waals surface area contributed by atoms with E-state index < -0.39 is 0 Å². The SMILES string of the molecule is C[C@@H]1CCC[C@H](C)N1C(=O)CN1CCO[C@@H](CNc2cccnn2)C1. The van der Waals surface area contributed by atoms with E-state index in [1.54, 1.807) is 6.20 Å². The molecule has 2 saturated heterocycles. The molecule has 3 atom stereocenters. The minimum Gasteiger partial charge on any atom is -0.374 e. The number of amides is 1. The molecule has 0 bridgehead atoms. The van der Waals surface area contributed by atoms with Crippen LogP contribution in [0.2, 0.25) is 0 Å². The monoisotopic (exact) mass is 347 g/mol. The Morgan fingerprint density at radius 3 is 2.88 bits per heavy atom. The first-order chi connectivity index (χ1) is 12.1. The third-order valence-corrected chi connectivity index (χ3v) is 5.15. The van der Waals surface area contributed by atoms with Crippen LogP contribution in [0.15, 0.2) is 18.3 Å². The van der Waals surface area contributed by atoms with Crippen LogP contribution in [0.3, 0.4) is 0 Å². The van der Waals surface area contributed by atoms with Gasteiger partial charge in [0.25, 0.3) is 0 Å². The van der Waals surface area contributed by atoms with Gasteiger partial charge >= 0.3 is 0 Å². The number of aromatic nitrogens is 2. The maximum Gasteiger partial charge on any atom is 0.237 e. The van der Waals surface area contributed by atoms with Crippen molar-refractivity contribution in [2.75, 3.05) is 38.1 Å². The van der Waals surface area contributed by atoms with Crippen molar-refractivity contribution in [1.82, 2.24) is 20.0 Å². The van der Waals surface area contributed by atoms with E-state index in [-0.39, 0.29) is 12.0 Å². The number of likely N-dealkylation sites (tertiary alicyclic amines) is 1. The van der Waals surface area contributed by atoms with Crippen molar-refractivity contribution in [3.8, 4) is 0 Å². The number of morpholine rings is 1. The Labute approximate surface area is 149 Å². The van der Waals surface area contributed by atoms with E-state index in [0.29, 0.717) is 31.8 Å². The van der Waals surface area contributed by atoms with Crippen LogP contribution in [0.25, 0.3) is 0 Å². The van der Waals surface area contributed by atoms with Crippen LogP contribution in [0.1, 0.15) is 33.1 Å². The minimum atomic E-state index is 0.0553. The predicted molar refractivity (Wildman–Crippen MR) is 96.3 cm³/mol. The van der Waals surface area contributed by atoms with Crippen molar-refractivity contribution in [2.45, 2.75) is 51.3 Å². The van der Waals surface area contributed by atoms with Crippen molar-refractivity contribution in [1.29, 1.82) is 0 Å². The number of ether oxygens (including phenoxy) is 1. The summed E-state index contributed by atoms with van der Waals surface area (Å²) in [6.45, 7) is 7.71. The zero-order chi connectivity index (χ0) is 17.6. The summed E-state index contributed by atoms with van der Waals surface area (Å²) in [7, 11) is 0. The molecule has 0 spiro atoms. The summed E-state index contributed by atoms with van der Waals surface area (Å²) >= 11 is 0. The first kappa shape index (κ1) is 18.1. The number of rotatable bonds is 5. The highest BCUT2D eigenvalue weighted by molar-refractivity contribution is 5.79. The minimum absolute atomic E-state index is 0.0553. The number of nitrogens with zero attached hydrogens (tertiary/aromatic N) is 4. The molecule has 7 heteroatoms. The molecule has 2 aliphatic rings. The summed E-state index contributed by atoms with van der Waals surface area (Å²) in [5, 5.41) is 11.1. The Morgan fingerprint density at radius 2 is 2.16 bits per heavy atom. The van der Waals surface area contributed by atoms with E-state index in [1.165, 1.54) is 6.42 Å². The third-order valence-electron chi connectivity index (χ3n) is 5.15. The van der Waals surface area contributed by atoms with Gasteiger partial charge in [-0.2, -0.15) is 5.10 Å². The van der Waals surface area contributed by atoms with Crippen LogP contribution in [-0.2, 0) is 9.53 Å². The van der Waals surface area contributed by atoms with Gasteiger partial charge in [-0.25, -0.2) is 0 Å². The molecular formula is C18H29N5O2. The van der Waals surface area contributed by atoms with E-state index >= 15 is 0 Å². The highest BCUT2D eigenvalue weighted by Crippen LogP contribution is 2.23. The molecule has 138 valence electrons. The summed E-state index contributed by atoms with van der Waals surface area (Å²) in [6, 6.07) is 4.44. The second kappa shape index (κ2) is 8.58. The van der Waals surface area contributed by atoms with E-state index in [0.717, 1.165) is 31.7 Å². The number of hydrogen-bond donors (Lipinski definition) is 1. The topological polar surface area (TPSA) is 70.6 Å². The Bertz CT molecular complexity index is 546. The largest absolute Gasteiger partial charge is 0.374 e. The van der Waals surface area contributed by atoms with E-state index in [9.17, 15) is 4.79 Å². The summed E-state index contributed by atoms with van der Waals surface area (Å²) < 4.78 is 5.82. The van der Waals surface area contributed by atoms with Crippen LogP contribution < -0.4 is 5.32 Å². The van der Waals surface area contributed by atoms with Crippen LogP contribution in [-0.4, -0.2) is 76.9 Å². The van der Waals surface area contributed by atoms with Gasteiger partial charge in [0.05, 0.1) is 19.3 Å². The molecule has 3 rings (SSSR count). The average molecular weight is 347 g/mol. The maximum absolute atomic E-state index is 12.8. The molecule has 0 radical (unpaired) electrons. The third kappa shape index (κ3) is 4.89. The van der Waals surface area contributed by atoms with Gasteiger partial charge in [0, 0.05) is 37.9 Å². The van der Waals surface area contributed by atoms with Gasteiger partial charge < -0.3 is 15.0 Å². The second-order valence-corrected chi connectivity index (χ2v) is 7.15. The van der Waals surface area contributed by atoms with Gasteiger partial charge in [0.15, 0.2) is 0 Å². The highest BCUT2D eigenvalue weighted by atomic mass is 16.5. The lowest BCUT2D eigenvalue weighted by Gasteiger charge is -2.41. The molecule has 0 aliphatic carbocycles. The van der Waals surface area contributed by atoms with Crippen LogP contribution in [0.5, 0.6) is 0 Å². The lowest BCUT2D eigenvalue weighted by molar-refractivity contribution is -0.140. The van der Waals surface area contributed by atoms with E-state index in [4.69, 9.17) is 4.74 Å². The molecule has 7 nitrogen and oxygen atoms in total. The summed E-state index contributed by atoms with van der Waals surface area (Å²) in [5.74, 6) is 0.998. The number of carbonyl (C=O) groups excluding carboxylic acids is 1. The number of nitrogens with one attached hydrogen (secondary N) is 1. The van der Waals surface area contributed by atoms with Gasteiger partial charge in [-0.3, -0.25) is 9.69 Å².